The zero-order chi connectivity index (χ0) is 38.5. The van der Waals surface area contributed by atoms with Crippen molar-refractivity contribution < 1.29 is 37.1 Å². The number of nitrogens with zero attached hydrogens (tertiary/aromatic N) is 6. The first-order valence-corrected chi connectivity index (χ1v) is 18.1. The molecule has 1 saturated heterocycles. The van der Waals surface area contributed by atoms with Gasteiger partial charge in [0.15, 0.2) is 5.78 Å². The number of Topliss-reactive ketones (excluding diaryl/α,β-unsaturated/α-hetero) is 1. The number of aryl methyl sites for hydroxylation is 2. The van der Waals surface area contributed by atoms with Gasteiger partial charge in [0.2, 0.25) is 17.7 Å². The van der Waals surface area contributed by atoms with Crippen LogP contribution in [0.2, 0.25) is 0 Å². The Labute approximate surface area is 309 Å². The van der Waals surface area contributed by atoms with Crippen LogP contribution in [0.15, 0.2) is 36.7 Å². The van der Waals surface area contributed by atoms with E-state index in [2.05, 4.69) is 30.7 Å². The summed E-state index contributed by atoms with van der Waals surface area (Å²) in [6.07, 6.45) is 2.76. The summed E-state index contributed by atoms with van der Waals surface area (Å²) in [5.41, 5.74) is 1.65. The molecular weight excluding hydrogens is 705 g/mol. The van der Waals surface area contributed by atoms with E-state index in [0.29, 0.717) is 41.3 Å². The summed E-state index contributed by atoms with van der Waals surface area (Å²) in [5.74, 6) is -1.87. The molecule has 2 aliphatic heterocycles. The fourth-order valence-electron chi connectivity index (χ4n) is 8.27. The molecule has 1 aliphatic carbocycles. The molecule has 2 unspecified atom stereocenters. The normalized spacial score (nSPS) is 23.4. The number of benzene rings is 1. The van der Waals surface area contributed by atoms with Gasteiger partial charge in [0.05, 0.1) is 12.6 Å². The Balaban J connectivity index is 1.29. The predicted molar refractivity (Wildman–Crippen MR) is 190 cm³/mol. The quantitative estimate of drug-likeness (QED) is 0.259. The number of piperidine rings is 1. The molecule has 4 atom stereocenters. The maximum Gasteiger partial charge on any atom is 0.433 e. The van der Waals surface area contributed by atoms with Crippen molar-refractivity contribution in [3.8, 4) is 17.1 Å². The number of carbonyl (C=O) groups excluding carboxylic acids is 4. The number of methoxy groups -OCH3 is 1. The molecule has 7 rings (SSSR count). The van der Waals surface area contributed by atoms with E-state index in [-0.39, 0.29) is 54.6 Å². The van der Waals surface area contributed by atoms with Gasteiger partial charge in [-0.3, -0.25) is 23.9 Å². The number of carbonyl (C=O) groups is 4. The minimum atomic E-state index is -4.73. The van der Waals surface area contributed by atoms with Crippen LogP contribution in [0.3, 0.4) is 0 Å². The van der Waals surface area contributed by atoms with E-state index < -0.39 is 41.2 Å². The van der Waals surface area contributed by atoms with Crippen molar-refractivity contribution >= 4 is 40.2 Å². The number of hydrogen-bond donors (Lipinski definition) is 2. The number of rotatable bonds is 5. The van der Waals surface area contributed by atoms with Crippen LogP contribution >= 0.6 is 0 Å². The number of amides is 3. The monoisotopic (exact) mass is 746 g/mol. The smallest absolute Gasteiger partial charge is 0.433 e. The summed E-state index contributed by atoms with van der Waals surface area (Å²) in [7, 11) is 1.47. The van der Waals surface area contributed by atoms with Gasteiger partial charge in [0.1, 0.15) is 29.8 Å². The topological polar surface area (TPSA) is 161 Å². The zero-order valence-electron chi connectivity index (χ0n) is 30.4. The van der Waals surface area contributed by atoms with E-state index in [4.69, 9.17) is 4.74 Å². The molecule has 5 heterocycles. The average molecular weight is 747 g/mol. The first kappa shape index (κ1) is 36.9. The second-order valence-electron chi connectivity index (χ2n) is 14.6. The van der Waals surface area contributed by atoms with Crippen LogP contribution in [0, 0.1) is 18.3 Å². The molecule has 2 bridgehead atoms. The Kier molecular flexibility index (Phi) is 9.64. The third-order valence-electron chi connectivity index (χ3n) is 11.2. The summed E-state index contributed by atoms with van der Waals surface area (Å²) in [6, 6.07) is 4.59. The summed E-state index contributed by atoms with van der Waals surface area (Å²) >= 11 is 0. The summed E-state index contributed by atoms with van der Waals surface area (Å²) < 4.78 is 47.3. The van der Waals surface area contributed by atoms with E-state index in [1.54, 1.807) is 12.4 Å². The standard InChI is InChI=1S/C38H41F3N8O5/c1-20-11-12-28(38(39,40)41)45-34(20)46-35(53)27-15-37-19-44-29(51)10-8-6-5-7-9-23-13-24(25-16-42-36(54-4)43-17-25)14-26-31(22(3)50)47-48(32(23)26)18-30(52)49(27)33(37)21(37)2/h11-14,16-17,21,27,33H,5-10,15,18-19H2,1-4H3,(H,44,51)(H,45,46,53)/t21?,27-,33?,37+/m0/s1. The van der Waals surface area contributed by atoms with Crippen molar-refractivity contribution in [2.45, 2.75) is 90.5 Å². The zero-order valence-corrected chi connectivity index (χ0v) is 30.4. The van der Waals surface area contributed by atoms with Crippen LogP contribution in [-0.2, 0) is 33.5 Å². The fourth-order valence-corrected chi connectivity index (χ4v) is 8.27. The van der Waals surface area contributed by atoms with Crippen molar-refractivity contribution in [3.05, 3.63) is 59.2 Å². The molecule has 3 amide bonds. The second kappa shape index (κ2) is 14.1. The number of hydrogen-bond acceptors (Lipinski definition) is 9. The Hall–Kier alpha value is -5.41. The van der Waals surface area contributed by atoms with Crippen LogP contribution in [-0.4, -0.2) is 78.9 Å². The van der Waals surface area contributed by atoms with Gasteiger partial charge in [-0.05, 0) is 73.4 Å². The molecule has 1 aromatic carbocycles. The molecular formula is C38H41F3N8O5. The Morgan fingerprint density at radius 3 is 2.44 bits per heavy atom. The van der Waals surface area contributed by atoms with Crippen molar-refractivity contribution in [1.82, 2.24) is 34.9 Å². The maximum absolute atomic E-state index is 14.6. The average Bonchev–Trinajstić information content (AvgIpc) is 3.39. The largest absolute Gasteiger partial charge is 0.467 e. The number of pyridine rings is 1. The SMILES string of the molecule is COc1ncc(-c2cc3c4c(c2)c(C(C)=O)nn4CC(=O)N2C4C(C)[C@]4(CNC(=O)CCCCCC3)C[C@H]2C(=O)Nc2nc(C(F)(F)F)ccc2C)cn1. The summed E-state index contributed by atoms with van der Waals surface area (Å²) in [6.45, 7) is 4.84. The van der Waals surface area contributed by atoms with Gasteiger partial charge in [0.25, 0.3) is 0 Å². The van der Waals surface area contributed by atoms with Crippen LogP contribution < -0.4 is 15.4 Å². The van der Waals surface area contributed by atoms with Gasteiger partial charge in [-0.25, -0.2) is 15.0 Å². The van der Waals surface area contributed by atoms with Crippen LogP contribution in [0.5, 0.6) is 6.01 Å². The minimum Gasteiger partial charge on any atom is -0.467 e. The Morgan fingerprint density at radius 2 is 1.76 bits per heavy atom. The van der Waals surface area contributed by atoms with E-state index in [9.17, 15) is 32.3 Å². The number of nitrogens with one attached hydrogen (secondary N) is 2. The number of ketones is 1. The number of alkyl halides is 3. The molecule has 0 radical (unpaired) electrons. The third kappa shape index (κ3) is 6.77. The molecule has 2 fully saturated rings. The molecule has 16 heteroatoms. The third-order valence-corrected chi connectivity index (χ3v) is 11.2. The van der Waals surface area contributed by atoms with Gasteiger partial charge in [-0.15, -0.1) is 0 Å². The highest BCUT2D eigenvalue weighted by Gasteiger charge is 2.72. The lowest BCUT2D eigenvalue weighted by molar-refractivity contribution is -0.141. The van der Waals surface area contributed by atoms with Crippen molar-refractivity contribution in [2.24, 2.45) is 11.3 Å². The van der Waals surface area contributed by atoms with E-state index in [1.807, 2.05) is 19.1 Å². The molecule has 4 aromatic rings. The van der Waals surface area contributed by atoms with E-state index in [1.165, 1.54) is 36.6 Å². The lowest BCUT2D eigenvalue weighted by Gasteiger charge is -2.28. The lowest BCUT2D eigenvalue weighted by atomic mass is 9.95. The molecule has 3 aromatic heterocycles. The number of aromatic nitrogens is 5. The van der Waals surface area contributed by atoms with Crippen LogP contribution in [0.4, 0.5) is 19.0 Å². The van der Waals surface area contributed by atoms with Gasteiger partial charge in [0, 0.05) is 54.7 Å². The Morgan fingerprint density at radius 1 is 1.04 bits per heavy atom. The molecule has 2 N–H and O–H groups in total. The van der Waals surface area contributed by atoms with Crippen molar-refractivity contribution in [3.63, 3.8) is 0 Å². The fraction of sp³-hybridized carbons (Fsp3) is 0.474. The first-order valence-electron chi connectivity index (χ1n) is 18.1. The van der Waals surface area contributed by atoms with E-state index in [0.717, 1.165) is 36.5 Å². The number of anilines is 1. The van der Waals surface area contributed by atoms with Crippen LogP contribution in [0.25, 0.3) is 22.0 Å². The van der Waals surface area contributed by atoms with Crippen molar-refractivity contribution in [2.75, 3.05) is 19.0 Å². The second-order valence-corrected chi connectivity index (χ2v) is 14.6. The highest BCUT2D eigenvalue weighted by Crippen LogP contribution is 2.64. The van der Waals surface area contributed by atoms with E-state index >= 15 is 0 Å². The predicted octanol–water partition coefficient (Wildman–Crippen LogP) is 5.29. The molecule has 0 spiro atoms. The maximum atomic E-state index is 14.6. The lowest BCUT2D eigenvalue weighted by Crippen LogP contribution is -2.47. The highest BCUT2D eigenvalue weighted by molar-refractivity contribution is 6.07. The summed E-state index contributed by atoms with van der Waals surface area (Å²) in [5, 5.41) is 10.8. The van der Waals surface area contributed by atoms with Crippen molar-refractivity contribution in [1.29, 1.82) is 0 Å². The molecule has 284 valence electrons. The van der Waals surface area contributed by atoms with Crippen LogP contribution in [0.1, 0.15) is 79.7 Å². The molecule has 1 saturated carbocycles. The first-order chi connectivity index (χ1) is 25.7. The van der Waals surface area contributed by atoms with Gasteiger partial charge < -0.3 is 20.3 Å². The number of ether oxygens (including phenoxy) is 1. The molecule has 54 heavy (non-hydrogen) atoms. The molecule has 13 nitrogen and oxygen atoms in total. The molecule has 3 aliphatic rings. The Bertz CT molecular complexity index is 2150. The van der Waals surface area contributed by atoms with Gasteiger partial charge in [-0.2, -0.15) is 18.3 Å². The summed E-state index contributed by atoms with van der Waals surface area (Å²) in [4.78, 5) is 68.3. The highest BCUT2D eigenvalue weighted by atomic mass is 19.4. The van der Waals surface area contributed by atoms with Gasteiger partial charge in [-0.1, -0.05) is 25.8 Å². The number of halogens is 3. The van der Waals surface area contributed by atoms with Gasteiger partial charge >= 0.3 is 12.2 Å². The minimum absolute atomic E-state index is 0.0786.